The van der Waals surface area contributed by atoms with E-state index in [2.05, 4.69) is 25.9 Å². The van der Waals surface area contributed by atoms with Gasteiger partial charge in [-0.15, -0.1) is 5.10 Å². The fourth-order valence-corrected chi connectivity index (χ4v) is 4.12. The van der Waals surface area contributed by atoms with E-state index in [0.29, 0.717) is 24.8 Å². The summed E-state index contributed by atoms with van der Waals surface area (Å²) >= 11 is 0. The van der Waals surface area contributed by atoms with Gasteiger partial charge in [0.1, 0.15) is 11.5 Å². The van der Waals surface area contributed by atoms with Crippen molar-refractivity contribution >= 4 is 11.8 Å². The van der Waals surface area contributed by atoms with Crippen LogP contribution in [0.4, 0.5) is 4.39 Å². The molecule has 3 N–H and O–H groups in total. The lowest BCUT2D eigenvalue weighted by Gasteiger charge is -2.40. The second-order valence-electron chi connectivity index (χ2n) is 7.12. The predicted octanol–water partition coefficient (Wildman–Crippen LogP) is 0.849. The van der Waals surface area contributed by atoms with Crippen LogP contribution in [0.15, 0.2) is 24.7 Å². The zero-order chi connectivity index (χ0) is 18.1. The fourth-order valence-electron chi connectivity index (χ4n) is 4.12. The molecule has 0 aromatic carbocycles. The summed E-state index contributed by atoms with van der Waals surface area (Å²) < 4.78 is 14.6. The number of hydrogen-bond acceptors (Lipinski definition) is 4. The molecule has 2 saturated carbocycles. The largest absolute Gasteiger partial charge is 0.355 e. The van der Waals surface area contributed by atoms with Crippen LogP contribution >= 0.6 is 0 Å². The number of carbonyl (C=O) groups excluding carboxylic acids is 2. The molecule has 0 aliphatic heterocycles. The molecule has 8 nitrogen and oxygen atoms in total. The van der Waals surface area contributed by atoms with Crippen molar-refractivity contribution in [3.8, 4) is 0 Å². The van der Waals surface area contributed by atoms with Crippen LogP contribution in [0.3, 0.4) is 0 Å². The Labute approximate surface area is 149 Å². The third-order valence-corrected chi connectivity index (χ3v) is 5.44. The van der Waals surface area contributed by atoms with Crippen LogP contribution in [0.2, 0.25) is 0 Å². The summed E-state index contributed by atoms with van der Waals surface area (Å²) in [5, 5.41) is 13.6. The summed E-state index contributed by atoms with van der Waals surface area (Å²) in [5.74, 6) is 0.208. The van der Waals surface area contributed by atoms with E-state index < -0.39 is 5.82 Å². The summed E-state index contributed by atoms with van der Waals surface area (Å²) in [6.45, 7) is 0.512. The van der Waals surface area contributed by atoms with E-state index in [1.54, 1.807) is 17.1 Å². The molecule has 2 heterocycles. The Bertz CT molecular complexity index is 789. The van der Waals surface area contributed by atoms with Crippen LogP contribution in [-0.4, -0.2) is 43.9 Å². The molecule has 0 bridgehead atoms. The lowest BCUT2D eigenvalue weighted by atomic mass is 9.71. The van der Waals surface area contributed by atoms with Crippen molar-refractivity contribution in [2.24, 2.45) is 11.8 Å². The van der Waals surface area contributed by atoms with E-state index in [-0.39, 0.29) is 29.6 Å². The summed E-state index contributed by atoms with van der Waals surface area (Å²) in [4.78, 5) is 26.8. The Morgan fingerprint density at radius 1 is 1.31 bits per heavy atom. The van der Waals surface area contributed by atoms with Crippen molar-refractivity contribution in [3.05, 3.63) is 36.2 Å². The number of amides is 2. The summed E-state index contributed by atoms with van der Waals surface area (Å²) in [5.41, 5.74) is 0.236. The number of aromatic amines is 1. The third kappa shape index (κ3) is 3.47. The highest BCUT2D eigenvalue weighted by Crippen LogP contribution is 2.47. The number of hydrogen-bond donors (Lipinski definition) is 3. The minimum absolute atomic E-state index is 0.0123. The quantitative estimate of drug-likeness (QED) is 0.710. The van der Waals surface area contributed by atoms with Crippen molar-refractivity contribution in [1.29, 1.82) is 0 Å². The zero-order valence-corrected chi connectivity index (χ0v) is 14.2. The highest BCUT2D eigenvalue weighted by molar-refractivity contribution is 5.92. The number of aryl methyl sites for hydroxylation is 1. The SMILES string of the molecule is O=C(CCn1ccnn1)N[C@@H]1C[C@@H]2C[C@@H](NC(=O)c3cc(F)c[nH]3)C[C@@H]21. The van der Waals surface area contributed by atoms with Crippen molar-refractivity contribution in [3.63, 3.8) is 0 Å². The number of carbonyl (C=O) groups is 2. The molecule has 2 aliphatic rings. The van der Waals surface area contributed by atoms with Gasteiger partial charge in [-0.1, -0.05) is 5.21 Å². The van der Waals surface area contributed by atoms with Crippen LogP contribution in [0.25, 0.3) is 0 Å². The Balaban J connectivity index is 1.22. The molecular weight excluding hydrogens is 339 g/mol. The van der Waals surface area contributed by atoms with E-state index in [1.165, 1.54) is 6.07 Å². The van der Waals surface area contributed by atoms with E-state index in [4.69, 9.17) is 0 Å². The van der Waals surface area contributed by atoms with Gasteiger partial charge in [0, 0.05) is 37.0 Å². The molecular formula is C17H21FN6O2. The Morgan fingerprint density at radius 3 is 2.92 bits per heavy atom. The molecule has 2 amide bonds. The van der Waals surface area contributed by atoms with E-state index in [9.17, 15) is 14.0 Å². The van der Waals surface area contributed by atoms with Gasteiger partial charge in [0.25, 0.3) is 5.91 Å². The lowest BCUT2D eigenvalue weighted by molar-refractivity contribution is -0.123. The van der Waals surface area contributed by atoms with E-state index >= 15 is 0 Å². The number of nitrogens with one attached hydrogen (secondary N) is 3. The summed E-state index contributed by atoms with van der Waals surface area (Å²) in [7, 11) is 0. The first-order valence-electron chi connectivity index (χ1n) is 8.86. The van der Waals surface area contributed by atoms with Crippen LogP contribution in [-0.2, 0) is 11.3 Å². The van der Waals surface area contributed by atoms with Crippen LogP contribution in [0, 0.1) is 17.7 Å². The normalized spacial score (nSPS) is 26.8. The van der Waals surface area contributed by atoms with Crippen LogP contribution in [0.5, 0.6) is 0 Å². The number of rotatable bonds is 6. The van der Waals surface area contributed by atoms with Crippen molar-refractivity contribution in [2.75, 3.05) is 0 Å². The first-order valence-corrected chi connectivity index (χ1v) is 8.86. The topological polar surface area (TPSA) is 105 Å². The van der Waals surface area contributed by atoms with Gasteiger partial charge in [0.05, 0.1) is 12.7 Å². The maximum atomic E-state index is 13.0. The van der Waals surface area contributed by atoms with E-state index in [0.717, 1.165) is 25.5 Å². The number of halogens is 1. The molecule has 26 heavy (non-hydrogen) atoms. The Kier molecular flexibility index (Phi) is 4.44. The first-order chi connectivity index (χ1) is 12.6. The van der Waals surface area contributed by atoms with Gasteiger partial charge in [0.15, 0.2) is 0 Å². The minimum Gasteiger partial charge on any atom is -0.355 e. The number of aromatic nitrogens is 4. The molecule has 0 spiro atoms. The standard InChI is InChI=1S/C17H21FN6O2/c18-11-7-15(19-9-11)17(26)21-12-5-10-6-14(13(10)8-12)22-16(25)1-3-24-4-2-20-23-24/h2,4,7,9-10,12-14,19H,1,3,5-6,8H2,(H,21,26)(H,22,25)/t10-,12+,13-,14+/m0/s1. The van der Waals surface area contributed by atoms with Crippen molar-refractivity contribution in [2.45, 2.75) is 44.3 Å². The molecule has 9 heteroatoms. The lowest BCUT2D eigenvalue weighted by Crippen LogP contribution is -2.50. The zero-order valence-electron chi connectivity index (χ0n) is 14.2. The predicted molar refractivity (Wildman–Crippen MR) is 89.4 cm³/mol. The molecule has 2 fully saturated rings. The molecule has 138 valence electrons. The van der Waals surface area contributed by atoms with Crippen LogP contribution < -0.4 is 10.6 Å². The van der Waals surface area contributed by atoms with Crippen LogP contribution in [0.1, 0.15) is 36.2 Å². The summed E-state index contributed by atoms with van der Waals surface area (Å²) in [6.07, 6.45) is 7.55. The molecule has 2 aromatic rings. The molecule has 0 radical (unpaired) electrons. The molecule has 0 unspecified atom stereocenters. The summed E-state index contributed by atoms with van der Waals surface area (Å²) in [6, 6.07) is 1.44. The van der Waals surface area contributed by atoms with Gasteiger partial charge in [-0.05, 0) is 31.1 Å². The number of fused-ring (bicyclic) bond motifs is 1. The second kappa shape index (κ2) is 6.89. The Hall–Kier alpha value is -2.71. The van der Waals surface area contributed by atoms with Gasteiger partial charge in [0.2, 0.25) is 5.91 Å². The van der Waals surface area contributed by atoms with Gasteiger partial charge in [-0.2, -0.15) is 0 Å². The molecule has 0 saturated heterocycles. The second-order valence-corrected chi connectivity index (χ2v) is 7.12. The fraction of sp³-hybridized carbons (Fsp3) is 0.529. The number of H-pyrrole nitrogens is 1. The van der Waals surface area contributed by atoms with Gasteiger partial charge < -0.3 is 15.6 Å². The number of nitrogens with zero attached hydrogens (tertiary/aromatic N) is 3. The minimum atomic E-state index is -0.449. The van der Waals surface area contributed by atoms with Crippen molar-refractivity contribution < 1.29 is 14.0 Å². The smallest absolute Gasteiger partial charge is 0.268 e. The average molecular weight is 360 g/mol. The first kappa shape index (κ1) is 16.7. The Morgan fingerprint density at radius 2 is 2.19 bits per heavy atom. The van der Waals surface area contributed by atoms with Gasteiger partial charge in [-0.25, -0.2) is 4.39 Å². The average Bonchev–Trinajstić information content (AvgIpc) is 3.32. The molecule has 2 aliphatic carbocycles. The monoisotopic (exact) mass is 360 g/mol. The highest BCUT2D eigenvalue weighted by Gasteiger charge is 2.48. The molecule has 2 aromatic heterocycles. The molecule has 4 rings (SSSR count). The maximum absolute atomic E-state index is 13.0. The highest BCUT2D eigenvalue weighted by atomic mass is 19.1. The van der Waals surface area contributed by atoms with Crippen molar-refractivity contribution in [1.82, 2.24) is 30.6 Å². The van der Waals surface area contributed by atoms with Gasteiger partial charge >= 0.3 is 0 Å². The van der Waals surface area contributed by atoms with E-state index in [1.807, 2.05) is 0 Å². The molecule has 4 atom stereocenters. The third-order valence-electron chi connectivity index (χ3n) is 5.44. The van der Waals surface area contributed by atoms with Gasteiger partial charge in [-0.3, -0.25) is 14.3 Å². The maximum Gasteiger partial charge on any atom is 0.268 e.